The molecule has 3 amide bonds. The molecule has 2 rings (SSSR count). The van der Waals surface area contributed by atoms with E-state index in [1.807, 2.05) is 30.3 Å². The molecule has 1 aromatic heterocycles. The Kier molecular flexibility index (Phi) is 13.0. The van der Waals surface area contributed by atoms with E-state index < -0.39 is 29.5 Å². The molecule has 214 valence electrons. The summed E-state index contributed by atoms with van der Waals surface area (Å²) < 4.78 is 10.7. The van der Waals surface area contributed by atoms with Gasteiger partial charge in [0, 0.05) is 6.54 Å². The number of thiophene rings is 1. The SMILES string of the molecule is CCCCCCCCNC(=O)Nc1sc(C(=O)NCC(=O)OCc2ccccc2)c(C)c1C(=O)OC(C)(C)C. The van der Waals surface area contributed by atoms with Crippen molar-refractivity contribution in [3.63, 3.8) is 0 Å². The predicted octanol–water partition coefficient (Wildman–Crippen LogP) is 5.97. The molecule has 0 bridgehead atoms. The number of benzene rings is 1. The normalized spacial score (nSPS) is 11.0. The van der Waals surface area contributed by atoms with E-state index in [-0.39, 0.29) is 28.6 Å². The zero-order valence-electron chi connectivity index (χ0n) is 23.6. The Labute approximate surface area is 235 Å². The highest BCUT2D eigenvalue weighted by atomic mass is 32.1. The van der Waals surface area contributed by atoms with Gasteiger partial charge in [0.25, 0.3) is 5.91 Å². The van der Waals surface area contributed by atoms with Gasteiger partial charge in [-0.05, 0) is 45.2 Å². The lowest BCUT2D eigenvalue weighted by Gasteiger charge is -2.20. The molecular formula is C29H41N3O6S. The van der Waals surface area contributed by atoms with Gasteiger partial charge in [0.15, 0.2) is 0 Å². The lowest BCUT2D eigenvalue weighted by molar-refractivity contribution is -0.143. The van der Waals surface area contributed by atoms with E-state index in [1.165, 1.54) is 19.3 Å². The number of hydrogen-bond acceptors (Lipinski definition) is 7. The predicted molar refractivity (Wildman–Crippen MR) is 153 cm³/mol. The lowest BCUT2D eigenvalue weighted by Crippen LogP contribution is -2.30. The van der Waals surface area contributed by atoms with Crippen LogP contribution >= 0.6 is 11.3 Å². The Morgan fingerprint density at radius 2 is 1.59 bits per heavy atom. The van der Waals surface area contributed by atoms with Crippen LogP contribution < -0.4 is 16.0 Å². The van der Waals surface area contributed by atoms with Crippen molar-refractivity contribution in [3.05, 3.63) is 51.9 Å². The maximum atomic E-state index is 13.0. The Balaban J connectivity index is 2.03. The largest absolute Gasteiger partial charge is 0.460 e. The highest BCUT2D eigenvalue weighted by Gasteiger charge is 2.29. The van der Waals surface area contributed by atoms with Gasteiger partial charge in [0.1, 0.15) is 23.8 Å². The fourth-order valence-electron chi connectivity index (χ4n) is 3.67. The van der Waals surface area contributed by atoms with Crippen molar-refractivity contribution in [3.8, 4) is 0 Å². The van der Waals surface area contributed by atoms with E-state index in [0.29, 0.717) is 12.1 Å². The number of rotatable bonds is 14. The van der Waals surface area contributed by atoms with Crippen molar-refractivity contribution >= 4 is 40.2 Å². The molecule has 0 radical (unpaired) electrons. The van der Waals surface area contributed by atoms with Crippen LogP contribution in [0.4, 0.5) is 9.80 Å². The van der Waals surface area contributed by atoms with Crippen molar-refractivity contribution in [1.82, 2.24) is 10.6 Å². The Bertz CT molecular complexity index is 1110. The Morgan fingerprint density at radius 1 is 0.923 bits per heavy atom. The molecule has 0 unspecified atom stereocenters. The summed E-state index contributed by atoms with van der Waals surface area (Å²) >= 11 is 0.955. The van der Waals surface area contributed by atoms with E-state index in [4.69, 9.17) is 9.47 Å². The van der Waals surface area contributed by atoms with E-state index in [9.17, 15) is 19.2 Å². The van der Waals surface area contributed by atoms with Crippen LogP contribution in [-0.4, -0.2) is 42.6 Å². The first kappa shape index (κ1) is 31.8. The zero-order valence-corrected chi connectivity index (χ0v) is 24.4. The molecule has 1 heterocycles. The van der Waals surface area contributed by atoms with Crippen molar-refractivity contribution in [2.75, 3.05) is 18.4 Å². The topological polar surface area (TPSA) is 123 Å². The maximum absolute atomic E-state index is 13.0. The minimum absolute atomic E-state index is 0.0955. The molecular weight excluding hydrogens is 518 g/mol. The molecule has 1 aromatic carbocycles. The van der Waals surface area contributed by atoms with Gasteiger partial charge in [-0.1, -0.05) is 69.4 Å². The fourth-order valence-corrected chi connectivity index (χ4v) is 4.78. The molecule has 0 atom stereocenters. The molecule has 3 N–H and O–H groups in total. The number of ether oxygens (including phenoxy) is 2. The third kappa shape index (κ3) is 11.5. The first-order valence-corrected chi connectivity index (χ1v) is 14.2. The number of esters is 2. The molecule has 0 aliphatic carbocycles. The monoisotopic (exact) mass is 559 g/mol. The average Bonchev–Trinajstić information content (AvgIpc) is 3.20. The summed E-state index contributed by atoms with van der Waals surface area (Å²) in [5.41, 5.74) is 0.532. The van der Waals surface area contributed by atoms with Crippen LogP contribution in [0.15, 0.2) is 30.3 Å². The van der Waals surface area contributed by atoms with Gasteiger partial charge in [-0.2, -0.15) is 0 Å². The molecule has 2 aromatic rings. The number of nitrogens with one attached hydrogen (secondary N) is 3. The van der Waals surface area contributed by atoms with Gasteiger partial charge in [-0.3, -0.25) is 14.9 Å². The van der Waals surface area contributed by atoms with Crippen LogP contribution in [0.2, 0.25) is 0 Å². The quantitative estimate of drug-likeness (QED) is 0.194. The molecule has 0 saturated carbocycles. The standard InChI is InChI=1S/C29H41N3O6S/c1-6-7-8-9-10-14-17-30-28(36)32-26-23(27(35)38-29(3,4)5)20(2)24(39-26)25(34)31-18-22(33)37-19-21-15-12-11-13-16-21/h11-13,15-16H,6-10,14,17-19H2,1-5H3,(H,31,34)(H2,30,32,36). The molecule has 0 fully saturated rings. The molecule has 0 aliphatic rings. The second kappa shape index (κ2) is 15.9. The molecule has 9 nitrogen and oxygen atoms in total. The summed E-state index contributed by atoms with van der Waals surface area (Å²) in [5.74, 6) is -1.80. The van der Waals surface area contributed by atoms with Crippen LogP contribution in [0, 0.1) is 6.92 Å². The number of hydrogen-bond donors (Lipinski definition) is 3. The van der Waals surface area contributed by atoms with Crippen LogP contribution in [-0.2, 0) is 20.9 Å². The van der Waals surface area contributed by atoms with Gasteiger partial charge >= 0.3 is 18.0 Å². The van der Waals surface area contributed by atoms with Crippen molar-refractivity contribution in [1.29, 1.82) is 0 Å². The third-order valence-electron chi connectivity index (χ3n) is 5.63. The van der Waals surface area contributed by atoms with Gasteiger partial charge < -0.3 is 20.1 Å². The van der Waals surface area contributed by atoms with Crippen LogP contribution in [0.3, 0.4) is 0 Å². The average molecular weight is 560 g/mol. The zero-order chi connectivity index (χ0) is 28.8. The number of anilines is 1. The summed E-state index contributed by atoms with van der Waals surface area (Å²) in [4.78, 5) is 50.8. The maximum Gasteiger partial charge on any atom is 0.341 e. The second-order valence-electron chi connectivity index (χ2n) is 10.2. The summed E-state index contributed by atoms with van der Waals surface area (Å²) in [7, 11) is 0. The first-order valence-electron chi connectivity index (χ1n) is 13.4. The molecule has 0 saturated heterocycles. The number of unbranched alkanes of at least 4 members (excludes halogenated alkanes) is 5. The van der Waals surface area contributed by atoms with Gasteiger partial charge in [-0.25, -0.2) is 9.59 Å². The lowest BCUT2D eigenvalue weighted by atomic mass is 10.1. The van der Waals surface area contributed by atoms with Crippen LogP contribution in [0.1, 0.15) is 97.4 Å². The van der Waals surface area contributed by atoms with E-state index in [1.54, 1.807) is 27.7 Å². The van der Waals surface area contributed by atoms with E-state index in [2.05, 4.69) is 22.9 Å². The van der Waals surface area contributed by atoms with Gasteiger partial charge in [0.05, 0.1) is 10.4 Å². The Hall–Kier alpha value is -3.40. The van der Waals surface area contributed by atoms with Crippen molar-refractivity contribution < 1.29 is 28.7 Å². The minimum Gasteiger partial charge on any atom is -0.460 e. The summed E-state index contributed by atoms with van der Waals surface area (Å²) in [6.07, 6.45) is 6.59. The van der Waals surface area contributed by atoms with Gasteiger partial charge in [-0.15, -0.1) is 11.3 Å². The van der Waals surface area contributed by atoms with Crippen LogP contribution in [0.25, 0.3) is 0 Å². The van der Waals surface area contributed by atoms with Crippen molar-refractivity contribution in [2.45, 2.75) is 85.4 Å². The summed E-state index contributed by atoms with van der Waals surface area (Å²) in [6.45, 7) is 9.25. The smallest absolute Gasteiger partial charge is 0.341 e. The highest BCUT2D eigenvalue weighted by Crippen LogP contribution is 2.34. The third-order valence-corrected chi connectivity index (χ3v) is 6.84. The number of carbonyl (C=O) groups is 4. The first-order chi connectivity index (χ1) is 18.5. The number of amides is 3. The second-order valence-corrected chi connectivity index (χ2v) is 11.3. The van der Waals surface area contributed by atoms with Crippen LogP contribution in [0.5, 0.6) is 0 Å². The molecule has 10 heteroatoms. The number of urea groups is 1. The Morgan fingerprint density at radius 3 is 2.26 bits per heavy atom. The minimum atomic E-state index is -0.770. The molecule has 0 spiro atoms. The highest BCUT2D eigenvalue weighted by molar-refractivity contribution is 7.18. The molecule has 39 heavy (non-hydrogen) atoms. The van der Waals surface area contributed by atoms with Gasteiger partial charge in [0.2, 0.25) is 0 Å². The number of carbonyl (C=O) groups excluding carboxylic acids is 4. The molecule has 0 aliphatic heterocycles. The van der Waals surface area contributed by atoms with Crippen molar-refractivity contribution in [2.24, 2.45) is 0 Å². The summed E-state index contributed by atoms with van der Waals surface area (Å²) in [5, 5.41) is 8.25. The van der Waals surface area contributed by atoms with E-state index in [0.717, 1.165) is 36.2 Å². The fraction of sp³-hybridized carbons (Fsp3) is 0.517. The summed E-state index contributed by atoms with van der Waals surface area (Å²) in [6, 6.07) is 8.74. The van der Waals surface area contributed by atoms with E-state index >= 15 is 0 Å².